The van der Waals surface area contributed by atoms with Gasteiger partial charge in [0.25, 0.3) is 0 Å². The Kier molecular flexibility index (Phi) is 3.62. The first-order chi connectivity index (χ1) is 5.68. The molecule has 0 bridgehead atoms. The quantitative estimate of drug-likeness (QED) is 0.775. The molecule has 1 aromatic rings. The number of aliphatic hydroxyl groups is 1. The van der Waals surface area contributed by atoms with Gasteiger partial charge in [-0.15, -0.1) is 21.5 Å². The van der Waals surface area contributed by atoms with Crippen molar-refractivity contribution in [1.29, 1.82) is 0 Å². The second-order valence-corrected chi connectivity index (χ2v) is 4.24. The monoisotopic (exact) mass is 186 g/mol. The van der Waals surface area contributed by atoms with Gasteiger partial charge in [0, 0.05) is 6.42 Å². The molecule has 1 rings (SSSR count). The number of aromatic nitrogens is 2. The second-order valence-electron chi connectivity index (χ2n) is 3.32. The Morgan fingerprint density at radius 2 is 2.33 bits per heavy atom. The molecule has 0 spiro atoms. The van der Waals surface area contributed by atoms with E-state index in [1.54, 1.807) is 5.51 Å². The number of hydrogen-bond acceptors (Lipinski definition) is 4. The average molecular weight is 186 g/mol. The molecule has 0 aromatic carbocycles. The van der Waals surface area contributed by atoms with Crippen LogP contribution >= 0.6 is 11.3 Å². The minimum absolute atomic E-state index is 0.266. The van der Waals surface area contributed by atoms with Crippen molar-refractivity contribution in [1.82, 2.24) is 10.2 Å². The molecule has 0 saturated heterocycles. The Hall–Kier alpha value is -0.480. The Labute approximate surface area is 76.5 Å². The van der Waals surface area contributed by atoms with Gasteiger partial charge in [-0.25, -0.2) is 0 Å². The Balaban J connectivity index is 2.32. The molecule has 1 unspecified atom stereocenters. The molecule has 0 amide bonds. The van der Waals surface area contributed by atoms with Crippen molar-refractivity contribution in [3.8, 4) is 0 Å². The molecule has 0 saturated carbocycles. The summed E-state index contributed by atoms with van der Waals surface area (Å²) in [5, 5.41) is 18.0. The molecule has 1 atom stereocenters. The molecule has 68 valence electrons. The zero-order valence-corrected chi connectivity index (χ0v) is 8.21. The first-order valence-corrected chi connectivity index (χ1v) is 4.99. The maximum atomic E-state index is 9.53. The summed E-state index contributed by atoms with van der Waals surface area (Å²) < 4.78 is 0. The molecule has 1 aromatic heterocycles. The average Bonchev–Trinajstić information content (AvgIpc) is 2.37. The van der Waals surface area contributed by atoms with Crippen LogP contribution in [0.3, 0.4) is 0 Å². The highest BCUT2D eigenvalue weighted by Crippen LogP contribution is 2.11. The van der Waals surface area contributed by atoms with Crippen LogP contribution in [0.4, 0.5) is 0 Å². The van der Waals surface area contributed by atoms with E-state index in [1.807, 2.05) is 0 Å². The molecule has 0 aliphatic carbocycles. The van der Waals surface area contributed by atoms with Gasteiger partial charge in [0.05, 0.1) is 6.10 Å². The molecular weight excluding hydrogens is 172 g/mol. The highest BCUT2D eigenvalue weighted by atomic mass is 32.1. The fourth-order valence-electron chi connectivity index (χ4n) is 1.11. The van der Waals surface area contributed by atoms with Crippen molar-refractivity contribution in [3.63, 3.8) is 0 Å². The highest BCUT2D eigenvalue weighted by molar-refractivity contribution is 7.09. The molecule has 12 heavy (non-hydrogen) atoms. The maximum absolute atomic E-state index is 9.53. The van der Waals surface area contributed by atoms with E-state index in [0.717, 1.165) is 11.4 Å². The van der Waals surface area contributed by atoms with Crippen LogP contribution in [0, 0.1) is 5.92 Å². The third-order valence-corrected chi connectivity index (χ3v) is 2.28. The van der Waals surface area contributed by atoms with Gasteiger partial charge in [-0.05, 0) is 12.3 Å². The predicted octanol–water partition coefficient (Wildman–Crippen LogP) is 1.49. The van der Waals surface area contributed by atoms with E-state index in [1.165, 1.54) is 11.3 Å². The summed E-state index contributed by atoms with van der Waals surface area (Å²) in [7, 11) is 0. The molecule has 0 radical (unpaired) electrons. The Bertz CT molecular complexity index is 211. The van der Waals surface area contributed by atoms with Crippen molar-refractivity contribution in [2.24, 2.45) is 5.92 Å². The number of aliphatic hydroxyl groups excluding tert-OH is 1. The van der Waals surface area contributed by atoms with E-state index in [2.05, 4.69) is 24.0 Å². The highest BCUT2D eigenvalue weighted by Gasteiger charge is 2.09. The predicted molar refractivity (Wildman–Crippen MR) is 49.1 cm³/mol. The Morgan fingerprint density at radius 3 is 2.83 bits per heavy atom. The molecule has 3 nitrogen and oxygen atoms in total. The lowest BCUT2D eigenvalue weighted by Gasteiger charge is -2.10. The van der Waals surface area contributed by atoms with Crippen molar-refractivity contribution < 1.29 is 5.11 Å². The summed E-state index contributed by atoms with van der Waals surface area (Å²) in [5.41, 5.74) is 1.69. The van der Waals surface area contributed by atoms with Crippen LogP contribution in [-0.2, 0) is 6.42 Å². The summed E-state index contributed by atoms with van der Waals surface area (Å²) in [6.45, 7) is 4.20. The smallest absolute Gasteiger partial charge is 0.119 e. The summed E-state index contributed by atoms with van der Waals surface area (Å²) in [5.74, 6) is 0.535. The van der Waals surface area contributed by atoms with Crippen LogP contribution in [0.5, 0.6) is 0 Å². The minimum atomic E-state index is -0.266. The zero-order valence-electron chi connectivity index (χ0n) is 7.40. The third kappa shape index (κ3) is 3.28. The van der Waals surface area contributed by atoms with Crippen molar-refractivity contribution in [2.75, 3.05) is 0 Å². The van der Waals surface area contributed by atoms with Crippen molar-refractivity contribution >= 4 is 11.3 Å². The first kappa shape index (κ1) is 9.61. The SMILES string of the molecule is CC(C)CC(O)Cc1nncs1. The molecule has 0 aliphatic heterocycles. The fraction of sp³-hybridized carbons (Fsp3) is 0.750. The van der Waals surface area contributed by atoms with E-state index in [4.69, 9.17) is 0 Å². The maximum Gasteiger partial charge on any atom is 0.119 e. The molecule has 1 N–H and O–H groups in total. The van der Waals surface area contributed by atoms with Crippen LogP contribution in [0.15, 0.2) is 5.51 Å². The van der Waals surface area contributed by atoms with Gasteiger partial charge in [0.1, 0.15) is 10.5 Å². The van der Waals surface area contributed by atoms with Gasteiger partial charge in [0.2, 0.25) is 0 Å². The van der Waals surface area contributed by atoms with Gasteiger partial charge < -0.3 is 5.11 Å². The van der Waals surface area contributed by atoms with E-state index >= 15 is 0 Å². The van der Waals surface area contributed by atoms with Crippen LogP contribution in [-0.4, -0.2) is 21.4 Å². The molecule has 0 aliphatic rings. The summed E-state index contributed by atoms with van der Waals surface area (Å²) in [6, 6.07) is 0. The van der Waals surface area contributed by atoms with E-state index < -0.39 is 0 Å². The standard InChI is InChI=1S/C8H14N2OS/c1-6(2)3-7(11)4-8-10-9-5-12-8/h5-7,11H,3-4H2,1-2H3. The number of hydrogen-bond donors (Lipinski definition) is 1. The van der Waals surface area contributed by atoms with E-state index in [0.29, 0.717) is 12.3 Å². The van der Waals surface area contributed by atoms with Gasteiger partial charge in [-0.2, -0.15) is 0 Å². The molecule has 1 heterocycles. The number of nitrogens with zero attached hydrogens (tertiary/aromatic N) is 2. The van der Waals surface area contributed by atoms with Crippen LogP contribution < -0.4 is 0 Å². The molecular formula is C8H14N2OS. The van der Waals surface area contributed by atoms with Gasteiger partial charge in [-0.3, -0.25) is 0 Å². The Morgan fingerprint density at radius 1 is 1.58 bits per heavy atom. The molecule has 0 fully saturated rings. The summed E-state index contributed by atoms with van der Waals surface area (Å²) >= 11 is 1.50. The van der Waals surface area contributed by atoms with Crippen LogP contribution in [0.2, 0.25) is 0 Å². The van der Waals surface area contributed by atoms with Gasteiger partial charge in [-0.1, -0.05) is 13.8 Å². The van der Waals surface area contributed by atoms with E-state index in [-0.39, 0.29) is 6.10 Å². The topological polar surface area (TPSA) is 46.0 Å². The molecule has 4 heteroatoms. The van der Waals surface area contributed by atoms with Crippen molar-refractivity contribution in [2.45, 2.75) is 32.8 Å². The number of rotatable bonds is 4. The lowest BCUT2D eigenvalue weighted by molar-refractivity contribution is 0.149. The summed E-state index contributed by atoms with van der Waals surface area (Å²) in [4.78, 5) is 0. The zero-order chi connectivity index (χ0) is 8.97. The third-order valence-electron chi connectivity index (χ3n) is 1.56. The fourth-order valence-corrected chi connectivity index (χ4v) is 1.71. The normalized spacial score (nSPS) is 13.7. The lowest BCUT2D eigenvalue weighted by atomic mass is 10.0. The second kappa shape index (κ2) is 4.52. The van der Waals surface area contributed by atoms with Gasteiger partial charge in [0.15, 0.2) is 0 Å². The van der Waals surface area contributed by atoms with Crippen molar-refractivity contribution in [3.05, 3.63) is 10.5 Å². The first-order valence-electron chi connectivity index (χ1n) is 4.11. The largest absolute Gasteiger partial charge is 0.393 e. The van der Waals surface area contributed by atoms with Crippen LogP contribution in [0.25, 0.3) is 0 Å². The van der Waals surface area contributed by atoms with E-state index in [9.17, 15) is 5.11 Å². The van der Waals surface area contributed by atoms with Crippen LogP contribution in [0.1, 0.15) is 25.3 Å². The van der Waals surface area contributed by atoms with Gasteiger partial charge >= 0.3 is 0 Å². The summed E-state index contributed by atoms with van der Waals surface area (Å²) in [6.07, 6.45) is 1.21. The lowest BCUT2D eigenvalue weighted by Crippen LogP contribution is -2.13. The minimum Gasteiger partial charge on any atom is -0.393 e.